The highest BCUT2D eigenvalue weighted by Gasteiger charge is 2.18. The van der Waals surface area contributed by atoms with Gasteiger partial charge in [0.15, 0.2) is 0 Å². The Balaban J connectivity index is 1.55. The first-order valence-corrected chi connectivity index (χ1v) is 10.1. The molecule has 2 aromatic heterocycles. The number of anilines is 2. The Bertz CT molecular complexity index is 1180. The van der Waals surface area contributed by atoms with Crippen molar-refractivity contribution < 1.29 is 15.0 Å². The monoisotopic (exact) mass is 429 g/mol. The Kier molecular flexibility index (Phi) is 6.54. The van der Waals surface area contributed by atoms with Gasteiger partial charge in [-0.25, -0.2) is 9.97 Å². The molecule has 1 unspecified atom stereocenters. The molecule has 8 heteroatoms. The van der Waals surface area contributed by atoms with Crippen LogP contribution < -0.4 is 10.6 Å². The largest absolute Gasteiger partial charge is 0.394 e. The molecule has 162 valence electrons. The van der Waals surface area contributed by atoms with Gasteiger partial charge in [0.1, 0.15) is 5.69 Å². The summed E-state index contributed by atoms with van der Waals surface area (Å²) < 4.78 is 0. The highest BCUT2D eigenvalue weighted by atomic mass is 16.3. The van der Waals surface area contributed by atoms with Crippen molar-refractivity contribution in [1.82, 2.24) is 20.3 Å². The predicted molar refractivity (Wildman–Crippen MR) is 121 cm³/mol. The molecule has 4 rings (SSSR count). The number of nitrogens with one attached hydrogen (secondary N) is 3. The highest BCUT2D eigenvalue weighted by molar-refractivity contribution is 5.94. The summed E-state index contributed by atoms with van der Waals surface area (Å²) in [5, 5.41) is 25.4. The number of aliphatic hydroxyl groups is 2. The summed E-state index contributed by atoms with van der Waals surface area (Å²) in [6.45, 7) is -0.466. The molecule has 2 heterocycles. The van der Waals surface area contributed by atoms with Crippen LogP contribution in [0.2, 0.25) is 0 Å². The van der Waals surface area contributed by atoms with E-state index in [9.17, 15) is 15.0 Å². The average molecular weight is 429 g/mol. The van der Waals surface area contributed by atoms with Gasteiger partial charge >= 0.3 is 0 Å². The molecule has 0 aliphatic rings. The molecular weight excluding hydrogens is 406 g/mol. The van der Waals surface area contributed by atoms with Crippen LogP contribution in [0.25, 0.3) is 11.3 Å². The van der Waals surface area contributed by atoms with Gasteiger partial charge in [0, 0.05) is 29.2 Å². The lowest BCUT2D eigenvalue weighted by atomic mass is 10.1. The maximum Gasteiger partial charge on any atom is 0.268 e. The second-order valence-corrected chi connectivity index (χ2v) is 7.14. The van der Waals surface area contributed by atoms with E-state index in [1.807, 2.05) is 60.7 Å². The first-order chi connectivity index (χ1) is 15.7. The number of hydrogen-bond donors (Lipinski definition) is 5. The Hall–Kier alpha value is -4.01. The maximum atomic E-state index is 12.7. The zero-order valence-electron chi connectivity index (χ0n) is 17.2. The molecule has 0 radical (unpaired) electrons. The number of aliphatic hydroxyl groups excluding tert-OH is 2. The standard InChI is InChI=1S/C24H23N5O3/c30-14-18-13-26-24(27-19-9-5-2-6-10-19)29-22(18)17-11-20(25-12-17)23(32)28-21(15-31)16-7-3-1-4-8-16/h1-13,21,25,30-31H,14-15H2,(H,28,32)(H,26,27,29). The molecular formula is C24H23N5O3. The summed E-state index contributed by atoms with van der Waals surface area (Å²) in [6, 6.07) is 19.9. The van der Waals surface area contributed by atoms with Crippen molar-refractivity contribution in [3.63, 3.8) is 0 Å². The fraction of sp³-hybridized carbons (Fsp3) is 0.125. The van der Waals surface area contributed by atoms with E-state index in [2.05, 4.69) is 25.6 Å². The Morgan fingerprint density at radius 2 is 1.75 bits per heavy atom. The molecule has 32 heavy (non-hydrogen) atoms. The third-order valence-electron chi connectivity index (χ3n) is 4.96. The number of hydrogen-bond acceptors (Lipinski definition) is 6. The van der Waals surface area contributed by atoms with Crippen LogP contribution in [0, 0.1) is 0 Å². The molecule has 0 saturated heterocycles. The van der Waals surface area contributed by atoms with Crippen molar-refractivity contribution in [3.05, 3.63) is 95.9 Å². The fourth-order valence-electron chi connectivity index (χ4n) is 3.30. The Morgan fingerprint density at radius 3 is 2.44 bits per heavy atom. The zero-order valence-corrected chi connectivity index (χ0v) is 17.2. The number of carbonyl (C=O) groups excluding carboxylic acids is 1. The van der Waals surface area contributed by atoms with Gasteiger partial charge < -0.3 is 25.8 Å². The average Bonchev–Trinajstić information content (AvgIpc) is 3.34. The van der Waals surface area contributed by atoms with Gasteiger partial charge in [0.05, 0.1) is 24.9 Å². The number of aromatic nitrogens is 3. The van der Waals surface area contributed by atoms with Gasteiger partial charge in [-0.1, -0.05) is 48.5 Å². The number of carbonyl (C=O) groups is 1. The Labute approximate surface area is 185 Å². The number of amides is 1. The van der Waals surface area contributed by atoms with Crippen LogP contribution in [0.15, 0.2) is 79.1 Å². The summed E-state index contributed by atoms with van der Waals surface area (Å²) in [4.78, 5) is 24.5. The van der Waals surface area contributed by atoms with E-state index in [4.69, 9.17) is 0 Å². The van der Waals surface area contributed by atoms with Crippen LogP contribution in [0.1, 0.15) is 27.7 Å². The van der Waals surface area contributed by atoms with Crippen molar-refractivity contribution in [1.29, 1.82) is 0 Å². The smallest absolute Gasteiger partial charge is 0.268 e. The molecule has 0 saturated carbocycles. The molecule has 8 nitrogen and oxygen atoms in total. The van der Waals surface area contributed by atoms with Crippen molar-refractivity contribution in [2.24, 2.45) is 0 Å². The van der Waals surface area contributed by atoms with Crippen LogP contribution in [-0.4, -0.2) is 37.7 Å². The summed E-state index contributed by atoms with van der Waals surface area (Å²) in [5.41, 5.74) is 3.64. The van der Waals surface area contributed by atoms with Crippen LogP contribution >= 0.6 is 0 Å². The molecule has 0 fully saturated rings. The van der Waals surface area contributed by atoms with Crippen LogP contribution in [-0.2, 0) is 6.61 Å². The van der Waals surface area contributed by atoms with Crippen molar-refractivity contribution in [3.8, 4) is 11.3 Å². The maximum absolute atomic E-state index is 12.7. The van der Waals surface area contributed by atoms with E-state index in [1.165, 1.54) is 0 Å². The van der Waals surface area contributed by atoms with Crippen molar-refractivity contribution in [2.75, 3.05) is 11.9 Å². The number of para-hydroxylation sites is 1. The second-order valence-electron chi connectivity index (χ2n) is 7.14. The SMILES string of the molecule is O=C(NC(CO)c1ccccc1)c1cc(-c2nc(Nc3ccccc3)ncc2CO)c[nH]1. The van der Waals surface area contributed by atoms with Gasteiger partial charge in [-0.3, -0.25) is 4.79 Å². The minimum absolute atomic E-state index is 0.224. The van der Waals surface area contributed by atoms with E-state index in [-0.39, 0.29) is 19.1 Å². The van der Waals surface area contributed by atoms with Gasteiger partial charge in [-0.05, 0) is 23.8 Å². The van der Waals surface area contributed by atoms with E-state index in [0.29, 0.717) is 28.5 Å². The molecule has 1 amide bonds. The lowest BCUT2D eigenvalue weighted by Crippen LogP contribution is -2.30. The quantitative estimate of drug-likeness (QED) is 0.293. The topological polar surface area (TPSA) is 123 Å². The number of nitrogens with zero attached hydrogens (tertiary/aromatic N) is 2. The first-order valence-electron chi connectivity index (χ1n) is 10.1. The summed E-state index contributed by atoms with van der Waals surface area (Å²) >= 11 is 0. The lowest BCUT2D eigenvalue weighted by molar-refractivity contribution is 0.0911. The van der Waals surface area contributed by atoms with Gasteiger partial charge in [-0.2, -0.15) is 0 Å². The molecule has 5 N–H and O–H groups in total. The fourth-order valence-corrected chi connectivity index (χ4v) is 3.30. The Morgan fingerprint density at radius 1 is 1.03 bits per heavy atom. The van der Waals surface area contributed by atoms with E-state index in [1.54, 1.807) is 18.5 Å². The van der Waals surface area contributed by atoms with Crippen LogP contribution in [0.3, 0.4) is 0 Å². The first kappa shape index (κ1) is 21.2. The van der Waals surface area contributed by atoms with Crippen LogP contribution in [0.4, 0.5) is 11.6 Å². The van der Waals surface area contributed by atoms with Crippen molar-refractivity contribution >= 4 is 17.5 Å². The lowest BCUT2D eigenvalue weighted by Gasteiger charge is -2.16. The number of H-pyrrole nitrogens is 1. The van der Waals surface area contributed by atoms with E-state index in [0.717, 1.165) is 11.3 Å². The predicted octanol–water partition coefficient (Wildman–Crippen LogP) is 3.17. The summed E-state index contributed by atoms with van der Waals surface area (Å²) in [5.74, 6) is 0.0152. The number of aromatic amines is 1. The molecule has 0 aliphatic carbocycles. The zero-order chi connectivity index (χ0) is 22.3. The van der Waals surface area contributed by atoms with Gasteiger partial charge in [0.25, 0.3) is 5.91 Å². The minimum atomic E-state index is -0.524. The van der Waals surface area contributed by atoms with E-state index >= 15 is 0 Å². The summed E-state index contributed by atoms with van der Waals surface area (Å²) in [6.07, 6.45) is 3.21. The second kappa shape index (κ2) is 9.86. The normalized spacial score (nSPS) is 11.7. The third-order valence-corrected chi connectivity index (χ3v) is 4.96. The molecule has 4 aromatic rings. The van der Waals surface area contributed by atoms with Gasteiger partial charge in [0.2, 0.25) is 5.95 Å². The number of benzene rings is 2. The molecule has 1 atom stereocenters. The molecule has 0 spiro atoms. The van der Waals surface area contributed by atoms with Crippen molar-refractivity contribution in [2.45, 2.75) is 12.6 Å². The minimum Gasteiger partial charge on any atom is -0.394 e. The van der Waals surface area contributed by atoms with Crippen LogP contribution in [0.5, 0.6) is 0 Å². The molecule has 2 aromatic carbocycles. The summed E-state index contributed by atoms with van der Waals surface area (Å²) in [7, 11) is 0. The molecule has 0 bridgehead atoms. The highest BCUT2D eigenvalue weighted by Crippen LogP contribution is 2.25. The van der Waals surface area contributed by atoms with E-state index < -0.39 is 6.04 Å². The molecule has 0 aliphatic heterocycles. The van der Waals surface area contributed by atoms with Gasteiger partial charge in [-0.15, -0.1) is 0 Å². The number of rotatable bonds is 8. The third kappa shape index (κ3) is 4.83.